The molecule has 7 rings (SSSR count). The molecule has 1 aliphatic heterocycles. The van der Waals surface area contributed by atoms with Crippen molar-refractivity contribution < 1.29 is 23.6 Å². The molecule has 0 saturated heterocycles. The molecule has 4 aliphatic rings. The van der Waals surface area contributed by atoms with Gasteiger partial charge in [0.1, 0.15) is 11.6 Å². The summed E-state index contributed by atoms with van der Waals surface area (Å²) in [6, 6.07) is 12.0. The van der Waals surface area contributed by atoms with Crippen molar-refractivity contribution >= 4 is 17.4 Å². The number of hydrogen-bond donors (Lipinski definition) is 1. The predicted molar refractivity (Wildman–Crippen MR) is 120 cm³/mol. The van der Waals surface area contributed by atoms with E-state index in [2.05, 4.69) is 5.16 Å². The van der Waals surface area contributed by atoms with Gasteiger partial charge in [0.05, 0.1) is 11.8 Å². The van der Waals surface area contributed by atoms with Gasteiger partial charge in [-0.1, -0.05) is 28.9 Å². The van der Waals surface area contributed by atoms with Crippen molar-refractivity contribution in [3.05, 3.63) is 70.1 Å². The van der Waals surface area contributed by atoms with E-state index in [1.54, 1.807) is 31.2 Å². The van der Waals surface area contributed by atoms with Crippen LogP contribution in [0.3, 0.4) is 0 Å². The second kappa shape index (κ2) is 7.15. The number of carbonyl (C=O) groups excluding carboxylic acids is 1. The fraction of sp³-hybridized carbons (Fsp3) is 0.385. The van der Waals surface area contributed by atoms with E-state index in [0.29, 0.717) is 39.6 Å². The number of hydrogen-bond acceptors (Lipinski definition) is 5. The highest BCUT2D eigenvalue weighted by Gasteiger charge is 2.69. The smallest absolute Gasteiger partial charge is 0.173 e. The van der Waals surface area contributed by atoms with Crippen LogP contribution in [0.4, 0.5) is 4.39 Å². The molecular formula is C26H23ClFNO4. The largest absolute Gasteiger partial charge is 0.482 e. The number of benzene rings is 2. The number of carbonyl (C=O) groups is 1. The molecular weight excluding hydrogens is 445 g/mol. The first-order valence-corrected chi connectivity index (χ1v) is 11.5. The number of halogens is 2. The molecule has 0 amide bonds. The number of Topliss-reactive ketones (excluding diaryl/α,β-unsaturated/α-hetero) is 1. The van der Waals surface area contributed by atoms with Crippen molar-refractivity contribution in [3.63, 3.8) is 0 Å². The normalized spacial score (nSPS) is 29.5. The number of aliphatic hydroxyl groups is 1. The molecule has 0 spiro atoms. The minimum absolute atomic E-state index is 0.0268. The number of aliphatic hydroxyl groups excluding tert-OH is 1. The first-order chi connectivity index (χ1) is 15.8. The van der Waals surface area contributed by atoms with Crippen molar-refractivity contribution in [1.29, 1.82) is 0 Å². The molecule has 33 heavy (non-hydrogen) atoms. The maximum Gasteiger partial charge on any atom is 0.173 e. The molecule has 2 aromatic carbocycles. The third kappa shape index (κ3) is 3.30. The molecule has 170 valence electrons. The Kier molecular flexibility index (Phi) is 4.52. The molecule has 3 aromatic rings. The van der Waals surface area contributed by atoms with E-state index >= 15 is 0 Å². The molecule has 2 atom stereocenters. The van der Waals surface area contributed by atoms with Crippen LogP contribution in [0.1, 0.15) is 55.0 Å². The minimum Gasteiger partial charge on any atom is -0.482 e. The minimum atomic E-state index is -0.763. The molecule has 3 saturated carbocycles. The number of ether oxygens (including phenoxy) is 1. The summed E-state index contributed by atoms with van der Waals surface area (Å²) in [6.45, 7) is 1.72. The first-order valence-electron chi connectivity index (χ1n) is 11.2. The Morgan fingerprint density at radius 3 is 2.76 bits per heavy atom. The van der Waals surface area contributed by atoms with Gasteiger partial charge in [-0.15, -0.1) is 0 Å². The molecule has 1 aromatic heterocycles. The van der Waals surface area contributed by atoms with Crippen molar-refractivity contribution in [2.75, 3.05) is 0 Å². The molecule has 1 N–H and O–H groups in total. The highest BCUT2D eigenvalue weighted by Crippen LogP contribution is 2.75. The van der Waals surface area contributed by atoms with Gasteiger partial charge in [-0.05, 0) is 61.4 Å². The summed E-state index contributed by atoms with van der Waals surface area (Å²) in [7, 11) is 0. The number of aryl methyl sites for hydroxylation is 1. The monoisotopic (exact) mass is 467 g/mol. The van der Waals surface area contributed by atoms with E-state index in [1.807, 2.05) is 12.1 Å². The van der Waals surface area contributed by atoms with Gasteiger partial charge >= 0.3 is 0 Å². The van der Waals surface area contributed by atoms with Gasteiger partial charge in [-0.25, -0.2) is 4.39 Å². The van der Waals surface area contributed by atoms with Gasteiger partial charge in [-0.3, -0.25) is 4.79 Å². The van der Waals surface area contributed by atoms with Crippen LogP contribution in [0.5, 0.6) is 5.75 Å². The lowest BCUT2D eigenvalue weighted by Crippen LogP contribution is -2.65. The lowest BCUT2D eigenvalue weighted by Gasteiger charge is -2.70. The Balaban J connectivity index is 1.11. The van der Waals surface area contributed by atoms with Crippen molar-refractivity contribution in [1.82, 2.24) is 5.16 Å². The molecule has 3 aliphatic carbocycles. The lowest BCUT2D eigenvalue weighted by atomic mass is 9.33. The topological polar surface area (TPSA) is 72.6 Å². The number of ketones is 1. The average Bonchev–Trinajstić information content (AvgIpc) is 3.21. The Bertz CT molecular complexity index is 1270. The summed E-state index contributed by atoms with van der Waals surface area (Å²) < 4.78 is 25.3. The Morgan fingerprint density at radius 1 is 1.21 bits per heavy atom. The van der Waals surface area contributed by atoms with Gasteiger partial charge in [0, 0.05) is 40.5 Å². The summed E-state index contributed by atoms with van der Waals surface area (Å²) >= 11 is 6.01. The first kappa shape index (κ1) is 20.9. The summed E-state index contributed by atoms with van der Waals surface area (Å²) in [6.07, 6.45) is 1.90. The van der Waals surface area contributed by atoms with Gasteiger partial charge in [0.15, 0.2) is 17.6 Å². The van der Waals surface area contributed by atoms with Crippen LogP contribution in [-0.4, -0.2) is 22.2 Å². The van der Waals surface area contributed by atoms with Crippen molar-refractivity contribution in [2.45, 2.75) is 56.7 Å². The van der Waals surface area contributed by atoms with Crippen LogP contribution < -0.4 is 4.74 Å². The second-order valence-electron chi connectivity index (χ2n) is 10.0. The van der Waals surface area contributed by atoms with E-state index in [0.717, 1.165) is 25.0 Å². The maximum atomic E-state index is 13.9. The Hall–Kier alpha value is -2.70. The molecule has 5 nitrogen and oxygen atoms in total. The van der Waals surface area contributed by atoms with Crippen LogP contribution >= 0.6 is 11.6 Å². The van der Waals surface area contributed by atoms with Crippen LogP contribution in [0, 0.1) is 18.2 Å². The summed E-state index contributed by atoms with van der Waals surface area (Å²) in [4.78, 5) is 13.0. The zero-order valence-electron chi connectivity index (χ0n) is 18.1. The zero-order valence-corrected chi connectivity index (χ0v) is 18.9. The zero-order chi connectivity index (χ0) is 23.0. The third-order valence-electron chi connectivity index (χ3n) is 7.60. The fourth-order valence-corrected chi connectivity index (χ4v) is 6.14. The number of fused-ring (bicyclic) bond motifs is 1. The van der Waals surface area contributed by atoms with Crippen LogP contribution in [0.15, 0.2) is 47.0 Å². The Labute approximate surface area is 195 Å². The average molecular weight is 468 g/mol. The van der Waals surface area contributed by atoms with Gasteiger partial charge < -0.3 is 14.4 Å². The third-order valence-corrected chi connectivity index (χ3v) is 7.83. The van der Waals surface area contributed by atoms with E-state index in [-0.39, 0.29) is 28.9 Å². The summed E-state index contributed by atoms with van der Waals surface area (Å²) in [5.74, 6) is 0.837. The molecule has 2 heterocycles. The summed E-state index contributed by atoms with van der Waals surface area (Å²) in [5.41, 5.74) is 2.69. The molecule has 0 radical (unpaired) electrons. The highest BCUT2D eigenvalue weighted by atomic mass is 35.5. The number of rotatable bonds is 5. The maximum absolute atomic E-state index is 13.9. The van der Waals surface area contributed by atoms with E-state index < -0.39 is 12.2 Å². The van der Waals surface area contributed by atoms with Crippen molar-refractivity contribution in [3.8, 4) is 17.1 Å². The molecule has 7 heteroatoms. The van der Waals surface area contributed by atoms with E-state index in [9.17, 15) is 14.3 Å². The van der Waals surface area contributed by atoms with Crippen molar-refractivity contribution in [2.24, 2.45) is 5.41 Å². The quantitative estimate of drug-likeness (QED) is 0.520. The van der Waals surface area contributed by atoms with Gasteiger partial charge in [-0.2, -0.15) is 0 Å². The van der Waals surface area contributed by atoms with E-state index in [4.69, 9.17) is 20.9 Å². The fourth-order valence-electron chi connectivity index (χ4n) is 5.96. The molecule has 2 bridgehead atoms. The summed E-state index contributed by atoms with van der Waals surface area (Å²) in [5, 5.41) is 15.3. The molecule has 0 unspecified atom stereocenters. The number of aromatic nitrogens is 1. The van der Waals surface area contributed by atoms with Gasteiger partial charge in [0.25, 0.3) is 0 Å². The lowest BCUT2D eigenvalue weighted by molar-refractivity contribution is -0.165. The van der Waals surface area contributed by atoms with E-state index in [1.165, 1.54) is 6.07 Å². The predicted octanol–water partition coefficient (Wildman–Crippen LogP) is 5.71. The van der Waals surface area contributed by atoms with Crippen LogP contribution in [0.25, 0.3) is 11.3 Å². The SMILES string of the molecule is Cc1ccc(-c2cc(C34CC(CC(=O)[C@H]5C[C@@H](O)c6cc(Cl)ccc6O5)(C3)C4)no2)cc1F. The van der Waals surface area contributed by atoms with Crippen LogP contribution in [0.2, 0.25) is 5.02 Å². The van der Waals surface area contributed by atoms with Crippen LogP contribution in [-0.2, 0) is 10.2 Å². The number of nitrogens with zero attached hydrogens (tertiary/aromatic N) is 1. The Morgan fingerprint density at radius 2 is 2.00 bits per heavy atom. The standard InChI is InChI=1S/C26H23ClFNO4/c1-14-2-3-15(6-18(14)28)22-9-24(29-33-22)26-11-25(12-26,13-26)10-20(31)23-8-19(30)17-7-16(27)4-5-21(17)32-23/h2-7,9,19,23,30H,8,10-13H2,1H3/t19-,23-,25?,26?/m1/s1. The second-order valence-corrected chi connectivity index (χ2v) is 10.5. The highest BCUT2D eigenvalue weighted by molar-refractivity contribution is 6.30. The van der Waals surface area contributed by atoms with Gasteiger partial charge in [0.2, 0.25) is 0 Å². The molecule has 3 fully saturated rings.